The first-order chi connectivity index (χ1) is 9.37. The van der Waals surface area contributed by atoms with Crippen molar-refractivity contribution < 1.29 is 14.3 Å². The molecule has 0 aromatic heterocycles. The molecule has 0 saturated heterocycles. The summed E-state index contributed by atoms with van der Waals surface area (Å²) < 4.78 is 11.0. The van der Waals surface area contributed by atoms with Crippen molar-refractivity contribution in [3.05, 3.63) is 23.8 Å². The number of carbonyl (C=O) groups is 1. The molecule has 0 aliphatic rings. The van der Waals surface area contributed by atoms with E-state index in [4.69, 9.17) is 9.47 Å². The van der Waals surface area contributed by atoms with Crippen LogP contribution in [0, 0.1) is 0 Å². The SMILES string of the molecule is CCOc1ccc(C(=O)CNC(C)(C)C)cc1OCC. The van der Waals surface area contributed by atoms with E-state index in [0.29, 0.717) is 36.8 Å². The quantitative estimate of drug-likeness (QED) is 0.779. The third-order valence-electron chi connectivity index (χ3n) is 2.64. The van der Waals surface area contributed by atoms with E-state index in [1.807, 2.05) is 34.6 Å². The van der Waals surface area contributed by atoms with E-state index in [2.05, 4.69) is 5.32 Å². The van der Waals surface area contributed by atoms with Gasteiger partial charge in [0, 0.05) is 11.1 Å². The molecule has 4 heteroatoms. The van der Waals surface area contributed by atoms with Crippen LogP contribution in [0.15, 0.2) is 18.2 Å². The minimum Gasteiger partial charge on any atom is -0.490 e. The Hall–Kier alpha value is -1.55. The summed E-state index contributed by atoms with van der Waals surface area (Å²) in [6.07, 6.45) is 0. The summed E-state index contributed by atoms with van der Waals surface area (Å²) in [5, 5.41) is 3.19. The Morgan fingerprint density at radius 2 is 1.70 bits per heavy atom. The number of rotatable bonds is 7. The van der Waals surface area contributed by atoms with Crippen LogP contribution in [0.5, 0.6) is 11.5 Å². The minimum absolute atomic E-state index is 0.0453. The Morgan fingerprint density at radius 3 is 2.25 bits per heavy atom. The lowest BCUT2D eigenvalue weighted by Gasteiger charge is -2.20. The van der Waals surface area contributed by atoms with Crippen molar-refractivity contribution in [2.75, 3.05) is 19.8 Å². The summed E-state index contributed by atoms with van der Waals surface area (Å²) >= 11 is 0. The van der Waals surface area contributed by atoms with Gasteiger partial charge in [-0.2, -0.15) is 0 Å². The molecule has 0 bridgehead atoms. The number of hydrogen-bond acceptors (Lipinski definition) is 4. The van der Waals surface area contributed by atoms with Gasteiger partial charge in [0.1, 0.15) is 0 Å². The molecule has 0 heterocycles. The van der Waals surface area contributed by atoms with Crippen LogP contribution in [0.4, 0.5) is 0 Å². The standard InChI is InChI=1S/C16H25NO3/c1-6-19-14-9-8-12(10-15(14)20-7-2)13(18)11-17-16(3,4)5/h8-10,17H,6-7,11H2,1-5H3. The van der Waals surface area contributed by atoms with E-state index in [-0.39, 0.29) is 11.3 Å². The maximum atomic E-state index is 12.2. The second-order valence-electron chi connectivity index (χ2n) is 5.55. The van der Waals surface area contributed by atoms with E-state index in [1.54, 1.807) is 18.2 Å². The second-order valence-corrected chi connectivity index (χ2v) is 5.55. The average molecular weight is 279 g/mol. The summed E-state index contributed by atoms with van der Waals surface area (Å²) in [5.41, 5.74) is 0.553. The van der Waals surface area contributed by atoms with Crippen molar-refractivity contribution in [1.29, 1.82) is 0 Å². The molecule has 0 saturated carbocycles. The maximum Gasteiger partial charge on any atom is 0.176 e. The van der Waals surface area contributed by atoms with Gasteiger partial charge in [-0.15, -0.1) is 0 Å². The predicted octanol–water partition coefficient (Wildman–Crippen LogP) is 3.05. The summed E-state index contributed by atoms with van der Waals surface area (Å²) in [5.74, 6) is 1.34. The molecule has 0 fully saturated rings. The lowest BCUT2D eigenvalue weighted by Crippen LogP contribution is -2.39. The van der Waals surface area contributed by atoms with Gasteiger partial charge < -0.3 is 14.8 Å². The van der Waals surface area contributed by atoms with Crippen LogP contribution in [0.3, 0.4) is 0 Å². The molecule has 0 aliphatic carbocycles. The number of benzene rings is 1. The topological polar surface area (TPSA) is 47.6 Å². The van der Waals surface area contributed by atoms with Gasteiger partial charge in [0.25, 0.3) is 0 Å². The fourth-order valence-electron chi connectivity index (χ4n) is 1.67. The number of ketones is 1. The molecular weight excluding hydrogens is 254 g/mol. The molecule has 1 rings (SSSR count). The Kier molecular flexibility index (Phi) is 6.02. The molecule has 0 aliphatic heterocycles. The van der Waals surface area contributed by atoms with Gasteiger partial charge in [-0.25, -0.2) is 0 Å². The van der Waals surface area contributed by atoms with Crippen LogP contribution in [0.2, 0.25) is 0 Å². The van der Waals surface area contributed by atoms with Crippen molar-refractivity contribution in [1.82, 2.24) is 5.32 Å². The van der Waals surface area contributed by atoms with Gasteiger partial charge in [0.15, 0.2) is 17.3 Å². The lowest BCUT2D eigenvalue weighted by molar-refractivity contribution is 0.0981. The number of ether oxygens (including phenoxy) is 2. The Morgan fingerprint density at radius 1 is 1.10 bits per heavy atom. The molecule has 20 heavy (non-hydrogen) atoms. The van der Waals surface area contributed by atoms with Crippen LogP contribution in [0.25, 0.3) is 0 Å². The largest absolute Gasteiger partial charge is 0.490 e. The zero-order valence-electron chi connectivity index (χ0n) is 13.1. The normalized spacial score (nSPS) is 11.2. The highest BCUT2D eigenvalue weighted by Crippen LogP contribution is 2.28. The Balaban J connectivity index is 2.85. The van der Waals surface area contributed by atoms with Crippen LogP contribution >= 0.6 is 0 Å². The first-order valence-electron chi connectivity index (χ1n) is 7.05. The second kappa shape index (κ2) is 7.29. The van der Waals surface area contributed by atoms with E-state index >= 15 is 0 Å². The smallest absolute Gasteiger partial charge is 0.176 e. The van der Waals surface area contributed by atoms with Gasteiger partial charge in [-0.3, -0.25) is 4.79 Å². The summed E-state index contributed by atoms with van der Waals surface area (Å²) in [7, 11) is 0. The number of carbonyl (C=O) groups excluding carboxylic acids is 1. The van der Waals surface area contributed by atoms with E-state index < -0.39 is 0 Å². The monoisotopic (exact) mass is 279 g/mol. The molecule has 0 unspecified atom stereocenters. The fourth-order valence-corrected chi connectivity index (χ4v) is 1.67. The van der Waals surface area contributed by atoms with E-state index in [9.17, 15) is 4.79 Å². The third kappa shape index (κ3) is 5.21. The number of nitrogens with one attached hydrogen (secondary N) is 1. The summed E-state index contributed by atoms with van der Waals surface area (Å²) in [6.45, 7) is 11.3. The van der Waals surface area contributed by atoms with Gasteiger partial charge >= 0.3 is 0 Å². The van der Waals surface area contributed by atoms with E-state index in [1.165, 1.54) is 0 Å². The van der Waals surface area contributed by atoms with Gasteiger partial charge in [-0.05, 0) is 52.8 Å². The highest BCUT2D eigenvalue weighted by atomic mass is 16.5. The molecule has 0 spiro atoms. The van der Waals surface area contributed by atoms with Gasteiger partial charge in [0.2, 0.25) is 0 Å². The molecular formula is C16H25NO3. The van der Waals surface area contributed by atoms with Crippen LogP contribution in [0.1, 0.15) is 45.0 Å². The highest BCUT2D eigenvalue weighted by molar-refractivity contribution is 5.98. The van der Waals surface area contributed by atoms with Crippen LogP contribution in [-0.4, -0.2) is 31.1 Å². The molecule has 0 radical (unpaired) electrons. The predicted molar refractivity (Wildman–Crippen MR) is 80.9 cm³/mol. The maximum absolute atomic E-state index is 12.2. The molecule has 0 amide bonds. The third-order valence-corrected chi connectivity index (χ3v) is 2.64. The van der Waals surface area contributed by atoms with Crippen LogP contribution < -0.4 is 14.8 Å². The van der Waals surface area contributed by atoms with Gasteiger partial charge in [-0.1, -0.05) is 0 Å². The minimum atomic E-state index is -0.0797. The molecule has 4 nitrogen and oxygen atoms in total. The zero-order chi connectivity index (χ0) is 15.2. The first-order valence-corrected chi connectivity index (χ1v) is 7.05. The molecule has 0 atom stereocenters. The summed E-state index contributed by atoms with van der Waals surface area (Å²) in [6, 6.07) is 5.32. The average Bonchev–Trinajstić information content (AvgIpc) is 2.37. The molecule has 1 aromatic carbocycles. The number of Topliss-reactive ketones (excluding diaryl/α,β-unsaturated/α-hetero) is 1. The Labute approximate surface area is 121 Å². The molecule has 1 N–H and O–H groups in total. The Bertz CT molecular complexity index is 450. The van der Waals surface area contributed by atoms with Crippen molar-refractivity contribution in [2.45, 2.75) is 40.2 Å². The lowest BCUT2D eigenvalue weighted by atomic mass is 10.1. The molecule has 1 aromatic rings. The van der Waals surface area contributed by atoms with Crippen molar-refractivity contribution in [3.8, 4) is 11.5 Å². The summed E-state index contributed by atoms with van der Waals surface area (Å²) in [4.78, 5) is 12.2. The molecule has 112 valence electrons. The highest BCUT2D eigenvalue weighted by Gasteiger charge is 2.15. The zero-order valence-corrected chi connectivity index (χ0v) is 13.1. The van der Waals surface area contributed by atoms with Crippen molar-refractivity contribution in [3.63, 3.8) is 0 Å². The van der Waals surface area contributed by atoms with Gasteiger partial charge in [0.05, 0.1) is 19.8 Å². The van der Waals surface area contributed by atoms with Crippen LogP contribution in [-0.2, 0) is 0 Å². The van der Waals surface area contributed by atoms with E-state index in [0.717, 1.165) is 0 Å². The van der Waals surface area contributed by atoms with Crippen molar-refractivity contribution in [2.24, 2.45) is 0 Å². The number of hydrogen-bond donors (Lipinski definition) is 1. The fraction of sp³-hybridized carbons (Fsp3) is 0.562. The first kappa shape index (κ1) is 16.5. The van der Waals surface area contributed by atoms with Crippen molar-refractivity contribution >= 4 is 5.78 Å².